The summed E-state index contributed by atoms with van der Waals surface area (Å²) >= 11 is 6.28. The predicted molar refractivity (Wildman–Crippen MR) is 136 cm³/mol. The van der Waals surface area contributed by atoms with Crippen molar-refractivity contribution in [1.82, 2.24) is 23.9 Å². The molecule has 2 aromatic heterocycles. The van der Waals surface area contributed by atoms with Crippen LogP contribution < -0.4 is 9.80 Å². The van der Waals surface area contributed by atoms with Crippen LogP contribution in [0.3, 0.4) is 0 Å². The number of aromatic nitrogens is 4. The fraction of sp³-hybridized carbons (Fsp3) is 0.375. The molecule has 0 bridgehead atoms. The van der Waals surface area contributed by atoms with Crippen molar-refractivity contribution in [2.75, 3.05) is 43.0 Å². The van der Waals surface area contributed by atoms with Crippen LogP contribution in [0.15, 0.2) is 48.8 Å². The van der Waals surface area contributed by atoms with Crippen LogP contribution in [0.1, 0.15) is 12.8 Å². The summed E-state index contributed by atoms with van der Waals surface area (Å²) in [6.07, 6.45) is 3.28. The normalized spacial score (nSPS) is 19.8. The summed E-state index contributed by atoms with van der Waals surface area (Å²) in [5.41, 5.74) is 3.12. The van der Waals surface area contributed by atoms with Crippen molar-refractivity contribution in [2.24, 2.45) is 5.41 Å². The Bertz CT molecular complexity index is 1590. The summed E-state index contributed by atoms with van der Waals surface area (Å²) < 4.78 is 28.5. The Hall–Kier alpha value is -2.95. The zero-order valence-corrected chi connectivity index (χ0v) is 20.7. The van der Waals surface area contributed by atoms with Gasteiger partial charge in [-0.15, -0.1) is 10.2 Å². The van der Waals surface area contributed by atoms with Gasteiger partial charge in [-0.1, -0.05) is 17.7 Å². The molecule has 4 heterocycles. The predicted octanol–water partition coefficient (Wildman–Crippen LogP) is 3.31. The van der Waals surface area contributed by atoms with Crippen LogP contribution in [0.4, 0.5) is 17.2 Å². The molecule has 0 N–H and O–H groups in total. The van der Waals surface area contributed by atoms with Crippen LogP contribution in [-0.2, 0) is 10.0 Å². The fourth-order valence-electron chi connectivity index (χ4n) is 5.40. The minimum atomic E-state index is -3.06. The van der Waals surface area contributed by atoms with E-state index < -0.39 is 10.0 Å². The molecule has 0 unspecified atom stereocenters. The van der Waals surface area contributed by atoms with E-state index >= 15 is 0 Å². The first-order chi connectivity index (χ1) is 16.8. The molecule has 9 nitrogen and oxygen atoms in total. The summed E-state index contributed by atoms with van der Waals surface area (Å²) in [5.74, 6) is 1.28. The van der Waals surface area contributed by atoms with Gasteiger partial charge in [-0.2, -0.15) is 4.98 Å². The van der Waals surface area contributed by atoms with Gasteiger partial charge in [0.15, 0.2) is 0 Å². The molecular formula is C24H24ClN7O2S. The lowest BCUT2D eigenvalue weighted by molar-refractivity contribution is 0.0394. The van der Waals surface area contributed by atoms with E-state index in [-0.39, 0.29) is 10.7 Å². The molecule has 0 radical (unpaired) electrons. The van der Waals surface area contributed by atoms with Crippen molar-refractivity contribution in [3.8, 4) is 0 Å². The van der Waals surface area contributed by atoms with Crippen molar-refractivity contribution in [2.45, 2.75) is 18.1 Å². The molecule has 0 atom stereocenters. The molecular weight excluding hydrogens is 486 g/mol. The van der Waals surface area contributed by atoms with Crippen LogP contribution in [0.25, 0.3) is 16.7 Å². The second-order valence-electron chi connectivity index (χ2n) is 10.0. The van der Waals surface area contributed by atoms with Crippen LogP contribution in [0, 0.1) is 5.41 Å². The van der Waals surface area contributed by atoms with E-state index in [1.165, 1.54) is 0 Å². The standard InChI is InChI=1S/C24H24ClN7O2S/c1-29(22-20-8-5-16(25)9-21(20)32-15-26-28-23(32)27-22)17-3-2-4-18(10-17)30-11-24(12-30)13-31(14-24)35(33,34)19-6-7-19/h2-5,8-10,15,19H,6-7,11-14H2,1H3. The highest BCUT2D eigenvalue weighted by atomic mass is 35.5. The Labute approximate surface area is 208 Å². The molecule has 1 spiro atoms. The third kappa shape index (κ3) is 3.30. The number of hydrogen-bond donors (Lipinski definition) is 0. The molecule has 0 amide bonds. The molecule has 180 valence electrons. The first-order valence-electron chi connectivity index (χ1n) is 11.7. The molecule has 3 aliphatic rings. The lowest BCUT2D eigenvalue weighted by Gasteiger charge is -2.60. The molecule has 7 rings (SSSR count). The maximum atomic E-state index is 12.5. The van der Waals surface area contributed by atoms with E-state index in [1.54, 1.807) is 10.6 Å². The van der Waals surface area contributed by atoms with Gasteiger partial charge in [0.25, 0.3) is 5.78 Å². The van der Waals surface area contributed by atoms with Gasteiger partial charge in [0.1, 0.15) is 12.1 Å². The second-order valence-corrected chi connectivity index (χ2v) is 12.7. The van der Waals surface area contributed by atoms with Crippen molar-refractivity contribution in [1.29, 1.82) is 0 Å². The van der Waals surface area contributed by atoms with E-state index in [0.717, 1.165) is 54.0 Å². The third-order valence-electron chi connectivity index (χ3n) is 7.48. The van der Waals surface area contributed by atoms with Gasteiger partial charge in [0, 0.05) is 60.4 Å². The van der Waals surface area contributed by atoms with E-state index in [2.05, 4.69) is 38.2 Å². The highest BCUT2D eigenvalue weighted by Crippen LogP contribution is 2.46. The fourth-order valence-corrected chi connectivity index (χ4v) is 7.63. The number of fused-ring (bicyclic) bond motifs is 3. The SMILES string of the molecule is CN(c1cccc(N2CC3(C2)CN(S(=O)(=O)C2CC2)C3)c1)c1nc2nncn2c2cc(Cl)ccc12. The number of sulfonamides is 1. The van der Waals surface area contributed by atoms with Crippen LogP contribution in [0.5, 0.6) is 0 Å². The van der Waals surface area contributed by atoms with Gasteiger partial charge in [-0.05, 0) is 49.2 Å². The van der Waals surface area contributed by atoms with Gasteiger partial charge >= 0.3 is 0 Å². The number of anilines is 3. The number of benzene rings is 2. The van der Waals surface area contributed by atoms with Crippen LogP contribution >= 0.6 is 11.6 Å². The second kappa shape index (κ2) is 7.28. The summed E-state index contributed by atoms with van der Waals surface area (Å²) in [6, 6.07) is 14.1. The molecule has 3 fully saturated rings. The quantitative estimate of drug-likeness (QED) is 0.408. The molecule has 2 saturated heterocycles. The maximum Gasteiger partial charge on any atom is 0.257 e. The third-order valence-corrected chi connectivity index (χ3v) is 10.0. The van der Waals surface area contributed by atoms with E-state index in [9.17, 15) is 8.42 Å². The average molecular weight is 510 g/mol. The largest absolute Gasteiger partial charge is 0.370 e. The molecule has 2 aliphatic heterocycles. The van der Waals surface area contributed by atoms with Gasteiger partial charge in [0.05, 0.1) is 10.8 Å². The van der Waals surface area contributed by atoms with Crippen LogP contribution in [0.2, 0.25) is 5.02 Å². The van der Waals surface area contributed by atoms with E-state index in [4.69, 9.17) is 16.6 Å². The molecule has 11 heteroatoms. The molecule has 1 aliphatic carbocycles. The lowest BCUT2D eigenvalue weighted by Crippen LogP contribution is -2.73. The summed E-state index contributed by atoms with van der Waals surface area (Å²) in [5, 5.41) is 9.63. The summed E-state index contributed by atoms with van der Waals surface area (Å²) in [4.78, 5) is 9.15. The zero-order chi connectivity index (χ0) is 23.9. The molecule has 2 aromatic carbocycles. The number of halogens is 1. The number of rotatable bonds is 5. The Morgan fingerprint density at radius 3 is 2.66 bits per heavy atom. The van der Waals surface area contributed by atoms with E-state index in [0.29, 0.717) is 23.9 Å². The smallest absolute Gasteiger partial charge is 0.257 e. The average Bonchev–Trinajstić information content (AvgIpc) is 3.55. The van der Waals surface area contributed by atoms with Crippen molar-refractivity contribution < 1.29 is 8.42 Å². The maximum absolute atomic E-state index is 12.5. The molecule has 1 saturated carbocycles. The zero-order valence-electron chi connectivity index (χ0n) is 19.2. The summed E-state index contributed by atoms with van der Waals surface area (Å²) in [7, 11) is -1.06. The molecule has 4 aromatic rings. The lowest BCUT2D eigenvalue weighted by atomic mass is 9.74. The Morgan fingerprint density at radius 2 is 1.89 bits per heavy atom. The molecule has 35 heavy (non-hydrogen) atoms. The minimum Gasteiger partial charge on any atom is -0.370 e. The number of nitrogens with zero attached hydrogens (tertiary/aromatic N) is 7. The van der Waals surface area contributed by atoms with Gasteiger partial charge in [-0.25, -0.2) is 12.7 Å². The highest BCUT2D eigenvalue weighted by Gasteiger charge is 2.57. The topological polar surface area (TPSA) is 86.9 Å². The van der Waals surface area contributed by atoms with Gasteiger partial charge < -0.3 is 9.80 Å². The minimum absolute atomic E-state index is 0.0968. The monoisotopic (exact) mass is 509 g/mol. The Balaban J connectivity index is 1.14. The highest BCUT2D eigenvalue weighted by molar-refractivity contribution is 7.90. The van der Waals surface area contributed by atoms with Crippen LogP contribution in [-0.4, -0.2) is 70.8 Å². The van der Waals surface area contributed by atoms with Gasteiger partial charge in [-0.3, -0.25) is 4.40 Å². The first-order valence-corrected chi connectivity index (χ1v) is 13.6. The number of hydrogen-bond acceptors (Lipinski definition) is 7. The summed E-state index contributed by atoms with van der Waals surface area (Å²) in [6.45, 7) is 3.06. The first kappa shape index (κ1) is 21.3. The van der Waals surface area contributed by atoms with E-state index in [1.807, 2.05) is 35.7 Å². The Morgan fingerprint density at radius 1 is 1.09 bits per heavy atom. The van der Waals surface area contributed by atoms with Crippen molar-refractivity contribution in [3.63, 3.8) is 0 Å². The van der Waals surface area contributed by atoms with Crippen molar-refractivity contribution >= 4 is 55.5 Å². The van der Waals surface area contributed by atoms with Gasteiger partial charge in [0.2, 0.25) is 10.0 Å². The Kier molecular flexibility index (Phi) is 4.44. The van der Waals surface area contributed by atoms with Crippen molar-refractivity contribution in [3.05, 3.63) is 53.8 Å².